The molecule has 1 N–H and O–H groups in total. The Bertz CT molecular complexity index is 810. The van der Waals surface area contributed by atoms with Gasteiger partial charge in [-0.2, -0.15) is 10.1 Å². The van der Waals surface area contributed by atoms with Gasteiger partial charge >= 0.3 is 0 Å². The van der Waals surface area contributed by atoms with Crippen LogP contribution in [0.5, 0.6) is 5.88 Å². The van der Waals surface area contributed by atoms with Gasteiger partial charge in [0.15, 0.2) is 5.82 Å². The summed E-state index contributed by atoms with van der Waals surface area (Å²) in [7, 11) is 1.60. The molecule has 1 aliphatic carbocycles. The average Bonchev–Trinajstić information content (AvgIpc) is 3.23. The van der Waals surface area contributed by atoms with Crippen molar-refractivity contribution >= 4 is 0 Å². The van der Waals surface area contributed by atoms with Crippen molar-refractivity contribution in [2.45, 2.75) is 31.6 Å². The van der Waals surface area contributed by atoms with Crippen LogP contribution in [0, 0.1) is 0 Å². The zero-order chi connectivity index (χ0) is 15.6. The van der Waals surface area contributed by atoms with Crippen LogP contribution in [-0.4, -0.2) is 32.4 Å². The molecule has 0 amide bonds. The highest BCUT2D eigenvalue weighted by Gasteiger charge is 2.26. The van der Waals surface area contributed by atoms with Crippen LogP contribution in [0.2, 0.25) is 0 Å². The van der Waals surface area contributed by atoms with E-state index in [1.54, 1.807) is 7.11 Å². The van der Waals surface area contributed by atoms with Gasteiger partial charge in [-0.1, -0.05) is 11.2 Å². The first-order valence-electron chi connectivity index (χ1n) is 7.65. The first-order valence-corrected chi connectivity index (χ1v) is 7.65. The molecule has 0 fully saturated rings. The smallest absolute Gasteiger partial charge is 0.230 e. The number of methoxy groups -OCH3 is 1. The van der Waals surface area contributed by atoms with E-state index in [-0.39, 0.29) is 5.92 Å². The molecule has 0 bridgehead atoms. The minimum atomic E-state index is 0.252. The highest BCUT2D eigenvalue weighted by molar-refractivity contribution is 5.23. The van der Waals surface area contributed by atoms with Crippen LogP contribution in [0.15, 0.2) is 28.9 Å². The van der Waals surface area contributed by atoms with Gasteiger partial charge in [0.2, 0.25) is 11.8 Å². The summed E-state index contributed by atoms with van der Waals surface area (Å²) in [4.78, 5) is 8.92. The first-order chi connectivity index (χ1) is 11.3. The zero-order valence-electron chi connectivity index (χ0n) is 12.8. The molecule has 0 saturated heterocycles. The molecule has 1 atom stereocenters. The Morgan fingerprint density at radius 2 is 2.30 bits per heavy atom. The fraction of sp³-hybridized carbons (Fsp3) is 0.375. The van der Waals surface area contributed by atoms with Gasteiger partial charge in [-0.25, -0.2) is 4.98 Å². The summed E-state index contributed by atoms with van der Waals surface area (Å²) >= 11 is 0. The fourth-order valence-corrected chi connectivity index (χ4v) is 2.96. The van der Waals surface area contributed by atoms with Gasteiger partial charge in [0, 0.05) is 24.1 Å². The lowest BCUT2D eigenvalue weighted by molar-refractivity contribution is 0.337. The van der Waals surface area contributed by atoms with E-state index < -0.39 is 0 Å². The Kier molecular flexibility index (Phi) is 3.53. The monoisotopic (exact) mass is 311 g/mol. The van der Waals surface area contributed by atoms with Crippen LogP contribution < -0.4 is 4.74 Å². The number of hydrogen-bond donors (Lipinski definition) is 1. The Morgan fingerprint density at radius 1 is 1.35 bits per heavy atom. The van der Waals surface area contributed by atoms with Gasteiger partial charge in [-0.05, 0) is 24.5 Å². The van der Waals surface area contributed by atoms with Crippen molar-refractivity contribution in [1.82, 2.24) is 25.3 Å². The number of aromatic amines is 1. The molecule has 3 aromatic rings. The quantitative estimate of drug-likeness (QED) is 0.793. The Hall–Kier alpha value is -2.70. The van der Waals surface area contributed by atoms with Gasteiger partial charge in [-0.15, -0.1) is 0 Å². The molecule has 0 aromatic carbocycles. The zero-order valence-corrected chi connectivity index (χ0v) is 12.8. The largest absolute Gasteiger partial charge is 0.481 e. The molecule has 7 nitrogen and oxygen atoms in total. The maximum Gasteiger partial charge on any atom is 0.230 e. The highest BCUT2D eigenvalue weighted by atomic mass is 16.5. The summed E-state index contributed by atoms with van der Waals surface area (Å²) < 4.78 is 10.6. The van der Waals surface area contributed by atoms with Gasteiger partial charge in [0.05, 0.1) is 25.4 Å². The molecule has 0 radical (unpaired) electrons. The highest BCUT2D eigenvalue weighted by Crippen LogP contribution is 2.30. The number of hydrogen-bond acceptors (Lipinski definition) is 6. The van der Waals surface area contributed by atoms with Gasteiger partial charge < -0.3 is 9.26 Å². The van der Waals surface area contributed by atoms with Crippen LogP contribution in [-0.2, 0) is 19.3 Å². The van der Waals surface area contributed by atoms with E-state index in [0.717, 1.165) is 25.0 Å². The van der Waals surface area contributed by atoms with Gasteiger partial charge in [0.25, 0.3) is 0 Å². The van der Waals surface area contributed by atoms with Crippen LogP contribution >= 0.6 is 0 Å². The molecule has 118 valence electrons. The molecule has 0 saturated carbocycles. The van der Waals surface area contributed by atoms with Crippen LogP contribution in [0.3, 0.4) is 0 Å². The first kappa shape index (κ1) is 13.9. The predicted molar refractivity (Wildman–Crippen MR) is 81.2 cm³/mol. The van der Waals surface area contributed by atoms with E-state index in [1.165, 1.54) is 11.3 Å². The third-order valence-electron chi connectivity index (χ3n) is 4.18. The van der Waals surface area contributed by atoms with E-state index in [1.807, 2.05) is 24.4 Å². The Labute approximate surface area is 133 Å². The van der Waals surface area contributed by atoms with Gasteiger partial charge in [0.1, 0.15) is 0 Å². The van der Waals surface area contributed by atoms with Crippen molar-refractivity contribution in [2.24, 2.45) is 0 Å². The molecule has 3 aromatic heterocycles. The normalized spacial score (nSPS) is 17.0. The topological polar surface area (TPSA) is 89.7 Å². The number of aromatic nitrogens is 5. The van der Waals surface area contributed by atoms with E-state index in [2.05, 4.69) is 25.3 Å². The molecule has 1 aliphatic rings. The summed E-state index contributed by atoms with van der Waals surface area (Å²) in [5.74, 6) is 2.19. The van der Waals surface area contributed by atoms with Crippen LogP contribution in [0.1, 0.15) is 41.0 Å². The summed E-state index contributed by atoms with van der Waals surface area (Å²) in [6.45, 7) is 0. The molecule has 4 rings (SSSR count). The number of nitrogens with zero attached hydrogens (tertiary/aromatic N) is 4. The molecule has 3 heterocycles. The van der Waals surface area contributed by atoms with Crippen LogP contribution in [0.25, 0.3) is 0 Å². The van der Waals surface area contributed by atoms with Crippen LogP contribution in [0.4, 0.5) is 0 Å². The molecule has 23 heavy (non-hydrogen) atoms. The second-order valence-corrected chi connectivity index (χ2v) is 5.71. The van der Waals surface area contributed by atoms with E-state index >= 15 is 0 Å². The second kappa shape index (κ2) is 5.83. The van der Waals surface area contributed by atoms with Crippen molar-refractivity contribution in [1.29, 1.82) is 0 Å². The van der Waals surface area contributed by atoms with Crippen molar-refractivity contribution < 1.29 is 9.26 Å². The van der Waals surface area contributed by atoms with Crippen molar-refractivity contribution in [3.05, 3.63) is 53.1 Å². The summed E-state index contributed by atoms with van der Waals surface area (Å²) in [6.07, 6.45) is 5.30. The number of ether oxygens (including phenoxy) is 1. The lowest BCUT2D eigenvalue weighted by Gasteiger charge is -2.17. The SMILES string of the molecule is COc1cccc(Cc2noc(C3CCc4cn[nH]c4C3)n2)n1. The number of aryl methyl sites for hydroxylation is 1. The fourth-order valence-electron chi connectivity index (χ4n) is 2.96. The van der Waals surface area contributed by atoms with Crippen molar-refractivity contribution in [3.63, 3.8) is 0 Å². The standard InChI is InChI=1S/C16H17N5O2/c1-22-15-4-2-3-12(18-15)8-14-19-16(23-21-14)10-5-6-11-9-17-20-13(11)7-10/h2-4,9-10H,5-8H2,1H3,(H,17,20). The maximum atomic E-state index is 5.47. The predicted octanol–water partition coefficient (Wildman–Crippen LogP) is 2.06. The van der Waals surface area contributed by atoms with E-state index in [0.29, 0.717) is 24.0 Å². The second-order valence-electron chi connectivity index (χ2n) is 5.71. The minimum Gasteiger partial charge on any atom is -0.481 e. The molecule has 0 aliphatic heterocycles. The summed E-state index contributed by atoms with van der Waals surface area (Å²) in [6, 6.07) is 5.65. The summed E-state index contributed by atoms with van der Waals surface area (Å²) in [5.41, 5.74) is 3.33. The van der Waals surface area contributed by atoms with Crippen molar-refractivity contribution in [3.8, 4) is 5.88 Å². The van der Waals surface area contributed by atoms with E-state index in [4.69, 9.17) is 9.26 Å². The Morgan fingerprint density at radius 3 is 3.22 bits per heavy atom. The third-order valence-corrected chi connectivity index (χ3v) is 4.18. The van der Waals surface area contributed by atoms with Gasteiger partial charge in [-0.3, -0.25) is 5.10 Å². The number of rotatable bonds is 4. The Balaban J connectivity index is 1.49. The lowest BCUT2D eigenvalue weighted by atomic mass is 9.88. The number of nitrogens with one attached hydrogen (secondary N) is 1. The van der Waals surface area contributed by atoms with Crippen molar-refractivity contribution in [2.75, 3.05) is 7.11 Å². The van der Waals surface area contributed by atoms with E-state index in [9.17, 15) is 0 Å². The molecule has 1 unspecified atom stereocenters. The average molecular weight is 311 g/mol. The molecule has 7 heteroatoms. The minimum absolute atomic E-state index is 0.252. The lowest BCUT2D eigenvalue weighted by Crippen LogP contribution is -2.12. The molecule has 0 spiro atoms. The molecular weight excluding hydrogens is 294 g/mol. The number of fused-ring (bicyclic) bond motifs is 1. The number of pyridine rings is 1. The number of H-pyrrole nitrogens is 1. The maximum absolute atomic E-state index is 5.47. The summed E-state index contributed by atoms with van der Waals surface area (Å²) in [5, 5.41) is 11.2. The third kappa shape index (κ3) is 2.81. The molecular formula is C16H17N5O2.